The van der Waals surface area contributed by atoms with Crippen LogP contribution in [-0.4, -0.2) is 10.8 Å². The minimum Gasteiger partial charge on any atom is -0.294 e. The molecule has 1 aromatic heterocycles. The van der Waals surface area contributed by atoms with E-state index in [1.54, 1.807) is 12.4 Å². The predicted octanol–water partition coefficient (Wildman–Crippen LogP) is 3.68. The van der Waals surface area contributed by atoms with E-state index in [0.717, 1.165) is 22.3 Å². The number of hydrogen-bond donors (Lipinski definition) is 0. The van der Waals surface area contributed by atoms with E-state index >= 15 is 0 Å². The molecule has 1 aromatic carbocycles. The largest absolute Gasteiger partial charge is 0.294 e. The van der Waals surface area contributed by atoms with Crippen molar-refractivity contribution >= 4 is 5.78 Å². The van der Waals surface area contributed by atoms with Crippen LogP contribution in [0.1, 0.15) is 39.9 Å². The Labute approximate surface area is 108 Å². The first-order valence-corrected chi connectivity index (χ1v) is 6.10. The van der Waals surface area contributed by atoms with E-state index in [1.807, 2.05) is 45.0 Å². The molecule has 0 aliphatic carbocycles. The van der Waals surface area contributed by atoms with Gasteiger partial charge in [0, 0.05) is 23.9 Å². The highest BCUT2D eigenvalue weighted by atomic mass is 16.1. The number of hydrogen-bond acceptors (Lipinski definition) is 2. The molecule has 0 N–H and O–H groups in total. The lowest BCUT2D eigenvalue weighted by atomic mass is 9.91. The molecule has 92 valence electrons. The maximum Gasteiger partial charge on any atom is 0.170 e. The molecule has 0 aliphatic heterocycles. The van der Waals surface area contributed by atoms with Gasteiger partial charge in [-0.2, -0.15) is 0 Å². The van der Waals surface area contributed by atoms with Crippen LogP contribution in [0.15, 0.2) is 42.7 Å². The van der Waals surface area contributed by atoms with Crippen molar-refractivity contribution in [2.75, 3.05) is 0 Å². The Hall–Kier alpha value is -1.96. The average molecular weight is 239 g/mol. The molecule has 0 aliphatic rings. The van der Waals surface area contributed by atoms with Crippen LogP contribution in [0.2, 0.25) is 0 Å². The molecule has 18 heavy (non-hydrogen) atoms. The summed E-state index contributed by atoms with van der Waals surface area (Å²) in [5, 5.41) is 0. The van der Waals surface area contributed by atoms with Gasteiger partial charge in [-0.3, -0.25) is 9.78 Å². The van der Waals surface area contributed by atoms with Crippen molar-refractivity contribution in [2.24, 2.45) is 0 Å². The van der Waals surface area contributed by atoms with E-state index in [2.05, 4.69) is 11.1 Å². The number of nitrogens with zero attached hydrogens (tertiary/aromatic N) is 1. The van der Waals surface area contributed by atoms with Crippen molar-refractivity contribution in [3.8, 4) is 0 Å². The lowest BCUT2D eigenvalue weighted by Crippen LogP contribution is -2.10. The zero-order valence-corrected chi connectivity index (χ0v) is 11.0. The number of Topliss-reactive ketones (excluding diaryl/α,β-unsaturated/α-hetero) is 1. The highest BCUT2D eigenvalue weighted by molar-refractivity contribution is 6.01. The number of pyridine rings is 1. The van der Waals surface area contributed by atoms with Gasteiger partial charge in [-0.15, -0.1) is 0 Å². The lowest BCUT2D eigenvalue weighted by molar-refractivity contribution is 0.0966. The Balaban J connectivity index is 2.31. The Morgan fingerprint density at radius 3 is 2.17 bits per heavy atom. The number of carbonyl (C=O) groups excluding carboxylic acids is 1. The molecule has 0 saturated carbocycles. The van der Waals surface area contributed by atoms with Gasteiger partial charge in [0.15, 0.2) is 5.78 Å². The van der Waals surface area contributed by atoms with E-state index in [-0.39, 0.29) is 11.7 Å². The van der Waals surface area contributed by atoms with Crippen molar-refractivity contribution in [3.63, 3.8) is 0 Å². The molecule has 0 amide bonds. The lowest BCUT2D eigenvalue weighted by Gasteiger charge is -2.11. The van der Waals surface area contributed by atoms with Crippen molar-refractivity contribution in [1.82, 2.24) is 4.98 Å². The normalized spacial score (nSPS) is 12.2. The van der Waals surface area contributed by atoms with E-state index in [9.17, 15) is 4.79 Å². The Bertz CT molecular complexity index is 540. The third-order valence-electron chi connectivity index (χ3n) is 3.11. The number of benzene rings is 1. The van der Waals surface area contributed by atoms with E-state index in [0.29, 0.717) is 0 Å². The zero-order chi connectivity index (χ0) is 13.1. The molecule has 1 heterocycles. The van der Waals surface area contributed by atoms with E-state index < -0.39 is 0 Å². The van der Waals surface area contributed by atoms with Crippen LogP contribution >= 0.6 is 0 Å². The van der Waals surface area contributed by atoms with Crippen molar-refractivity contribution in [1.29, 1.82) is 0 Å². The molecular weight excluding hydrogens is 222 g/mol. The van der Waals surface area contributed by atoms with Crippen molar-refractivity contribution < 1.29 is 4.79 Å². The molecule has 2 rings (SSSR count). The Morgan fingerprint density at radius 2 is 1.61 bits per heavy atom. The number of rotatable bonds is 3. The quantitative estimate of drug-likeness (QED) is 0.765. The second kappa shape index (κ2) is 5.13. The fraction of sp³-hybridized carbons (Fsp3) is 0.250. The van der Waals surface area contributed by atoms with Gasteiger partial charge in [-0.05, 0) is 43.7 Å². The van der Waals surface area contributed by atoms with Crippen LogP contribution in [0.4, 0.5) is 0 Å². The molecule has 0 saturated heterocycles. The molecule has 0 bridgehead atoms. The number of carbonyl (C=O) groups is 1. The second-order valence-corrected chi connectivity index (χ2v) is 4.74. The molecule has 1 unspecified atom stereocenters. The van der Waals surface area contributed by atoms with Gasteiger partial charge >= 0.3 is 0 Å². The highest BCUT2D eigenvalue weighted by Gasteiger charge is 2.17. The average Bonchev–Trinajstić information content (AvgIpc) is 2.37. The van der Waals surface area contributed by atoms with Crippen LogP contribution < -0.4 is 0 Å². The second-order valence-electron chi connectivity index (χ2n) is 4.74. The summed E-state index contributed by atoms with van der Waals surface area (Å²) in [5.74, 6) is 0.0298. The molecular formula is C16H17NO. The van der Waals surface area contributed by atoms with Crippen LogP contribution in [0.25, 0.3) is 0 Å². The molecule has 1 atom stereocenters. The van der Waals surface area contributed by atoms with Crippen LogP contribution in [0, 0.1) is 13.8 Å². The van der Waals surface area contributed by atoms with Gasteiger partial charge in [0.25, 0.3) is 0 Å². The molecule has 0 fully saturated rings. The zero-order valence-electron chi connectivity index (χ0n) is 11.0. The molecule has 0 spiro atoms. The maximum atomic E-state index is 12.4. The third kappa shape index (κ3) is 2.65. The van der Waals surface area contributed by atoms with Crippen LogP contribution in [0.3, 0.4) is 0 Å². The van der Waals surface area contributed by atoms with Gasteiger partial charge in [0.1, 0.15) is 0 Å². The minimum absolute atomic E-state index is 0.130. The summed E-state index contributed by atoms with van der Waals surface area (Å²) < 4.78 is 0. The fourth-order valence-corrected chi connectivity index (χ4v) is 2.17. The topological polar surface area (TPSA) is 30.0 Å². The molecule has 2 aromatic rings. The standard InChI is InChI=1S/C16H17NO/c1-11-8-12(2)10-15(9-11)16(18)13(3)14-4-6-17-7-5-14/h4-10,13H,1-3H3. The summed E-state index contributed by atoms with van der Waals surface area (Å²) in [6.45, 7) is 5.97. The first-order chi connectivity index (χ1) is 8.58. The predicted molar refractivity (Wildman–Crippen MR) is 72.9 cm³/mol. The number of ketones is 1. The molecule has 0 radical (unpaired) electrons. The van der Waals surface area contributed by atoms with Crippen molar-refractivity contribution in [2.45, 2.75) is 26.7 Å². The van der Waals surface area contributed by atoms with Gasteiger partial charge in [0.2, 0.25) is 0 Å². The van der Waals surface area contributed by atoms with Crippen molar-refractivity contribution in [3.05, 3.63) is 65.0 Å². The molecule has 2 nitrogen and oxygen atoms in total. The van der Waals surface area contributed by atoms with Gasteiger partial charge < -0.3 is 0 Å². The monoisotopic (exact) mass is 239 g/mol. The summed E-state index contributed by atoms with van der Waals surface area (Å²) >= 11 is 0. The smallest absolute Gasteiger partial charge is 0.170 e. The summed E-state index contributed by atoms with van der Waals surface area (Å²) in [6.07, 6.45) is 3.45. The summed E-state index contributed by atoms with van der Waals surface area (Å²) in [6, 6.07) is 9.77. The van der Waals surface area contributed by atoms with Crippen LogP contribution in [-0.2, 0) is 0 Å². The first kappa shape index (κ1) is 12.5. The Morgan fingerprint density at radius 1 is 1.06 bits per heavy atom. The highest BCUT2D eigenvalue weighted by Crippen LogP contribution is 2.21. The van der Waals surface area contributed by atoms with Gasteiger partial charge in [-0.25, -0.2) is 0 Å². The maximum absolute atomic E-state index is 12.4. The number of aryl methyl sites for hydroxylation is 2. The Kier molecular flexibility index (Phi) is 3.56. The SMILES string of the molecule is Cc1cc(C)cc(C(=O)C(C)c2ccncc2)c1. The fourth-order valence-electron chi connectivity index (χ4n) is 2.17. The van der Waals surface area contributed by atoms with Gasteiger partial charge in [-0.1, -0.05) is 24.1 Å². The summed E-state index contributed by atoms with van der Waals surface area (Å²) in [4.78, 5) is 16.4. The molecule has 2 heteroatoms. The minimum atomic E-state index is -0.130. The van der Waals surface area contributed by atoms with E-state index in [4.69, 9.17) is 0 Å². The summed E-state index contributed by atoms with van der Waals surface area (Å²) in [7, 11) is 0. The van der Waals surface area contributed by atoms with Gasteiger partial charge in [0.05, 0.1) is 0 Å². The first-order valence-electron chi connectivity index (χ1n) is 6.10. The third-order valence-corrected chi connectivity index (χ3v) is 3.11. The van der Waals surface area contributed by atoms with E-state index in [1.165, 1.54) is 0 Å². The number of aromatic nitrogens is 1. The van der Waals surface area contributed by atoms with Crippen LogP contribution in [0.5, 0.6) is 0 Å². The summed E-state index contributed by atoms with van der Waals surface area (Å²) in [5.41, 5.74) is 4.05.